The third kappa shape index (κ3) is 3.02. The second kappa shape index (κ2) is 6.33. The Labute approximate surface area is 133 Å². The normalized spacial score (nSPS) is 16.8. The molecule has 0 saturated carbocycles. The summed E-state index contributed by atoms with van der Waals surface area (Å²) in [5.74, 6) is 2.19. The lowest BCUT2D eigenvalue weighted by atomic mass is 10.2. The highest BCUT2D eigenvalue weighted by atomic mass is 16.5. The minimum atomic E-state index is 0.347. The molecular weight excluding hydrogens is 296 g/mol. The number of hydrogen-bond acceptors (Lipinski definition) is 8. The van der Waals surface area contributed by atoms with Crippen molar-refractivity contribution in [3.8, 4) is 5.88 Å². The number of nitrogens with one attached hydrogen (secondary N) is 1. The number of hydrogen-bond donors (Lipinski definition) is 1. The summed E-state index contributed by atoms with van der Waals surface area (Å²) in [5.41, 5.74) is 1.81. The van der Waals surface area contributed by atoms with Gasteiger partial charge in [-0.2, -0.15) is 9.97 Å². The maximum atomic E-state index is 5.91. The highest BCUT2D eigenvalue weighted by molar-refractivity contribution is 5.57. The molecule has 0 amide bonds. The zero-order valence-electron chi connectivity index (χ0n) is 12.7. The van der Waals surface area contributed by atoms with Gasteiger partial charge in [0.2, 0.25) is 11.8 Å². The van der Waals surface area contributed by atoms with Crippen molar-refractivity contribution in [3.05, 3.63) is 29.8 Å². The van der Waals surface area contributed by atoms with Crippen LogP contribution in [0.25, 0.3) is 0 Å². The Hall–Kier alpha value is -2.48. The number of nitrogens with zero attached hydrogens (tertiary/aromatic N) is 5. The van der Waals surface area contributed by atoms with Gasteiger partial charge in [0.1, 0.15) is 12.4 Å². The maximum Gasteiger partial charge on any atom is 0.230 e. The van der Waals surface area contributed by atoms with Gasteiger partial charge < -0.3 is 19.7 Å². The van der Waals surface area contributed by atoms with Crippen LogP contribution in [0.3, 0.4) is 0 Å². The van der Waals surface area contributed by atoms with Gasteiger partial charge in [0, 0.05) is 32.0 Å². The number of ether oxygens (including phenoxy) is 2. The van der Waals surface area contributed by atoms with E-state index in [4.69, 9.17) is 9.47 Å². The predicted molar refractivity (Wildman–Crippen MR) is 83.6 cm³/mol. The van der Waals surface area contributed by atoms with Gasteiger partial charge in [0.15, 0.2) is 0 Å². The van der Waals surface area contributed by atoms with Crippen LogP contribution in [-0.2, 0) is 17.8 Å². The molecule has 0 aliphatic carbocycles. The van der Waals surface area contributed by atoms with E-state index in [0.717, 1.165) is 43.1 Å². The van der Waals surface area contributed by atoms with Crippen LogP contribution in [0.15, 0.2) is 18.6 Å². The lowest BCUT2D eigenvalue weighted by molar-refractivity contribution is 0.122. The van der Waals surface area contributed by atoms with E-state index < -0.39 is 0 Å². The van der Waals surface area contributed by atoms with Gasteiger partial charge in [-0.1, -0.05) is 0 Å². The second-order valence-corrected chi connectivity index (χ2v) is 5.42. The molecule has 8 nitrogen and oxygen atoms in total. The van der Waals surface area contributed by atoms with Crippen molar-refractivity contribution in [1.82, 2.24) is 19.9 Å². The molecule has 1 fully saturated rings. The highest BCUT2D eigenvalue weighted by Gasteiger charge is 2.23. The zero-order chi connectivity index (χ0) is 15.5. The van der Waals surface area contributed by atoms with E-state index in [1.165, 1.54) is 0 Å². The lowest BCUT2D eigenvalue weighted by Crippen LogP contribution is -2.37. The third-order valence-electron chi connectivity index (χ3n) is 3.89. The molecule has 1 saturated heterocycles. The quantitative estimate of drug-likeness (QED) is 0.880. The number of rotatable bonds is 4. The van der Waals surface area contributed by atoms with Crippen molar-refractivity contribution >= 4 is 11.8 Å². The van der Waals surface area contributed by atoms with Crippen LogP contribution in [0.2, 0.25) is 0 Å². The summed E-state index contributed by atoms with van der Waals surface area (Å²) in [6.45, 7) is 4.19. The van der Waals surface area contributed by atoms with Crippen LogP contribution in [0.5, 0.6) is 5.88 Å². The summed E-state index contributed by atoms with van der Waals surface area (Å²) < 4.78 is 11.3. The van der Waals surface area contributed by atoms with Gasteiger partial charge in [-0.3, -0.25) is 9.97 Å². The fourth-order valence-electron chi connectivity index (χ4n) is 2.70. The van der Waals surface area contributed by atoms with Crippen LogP contribution < -0.4 is 15.0 Å². The van der Waals surface area contributed by atoms with E-state index in [9.17, 15) is 0 Å². The van der Waals surface area contributed by atoms with E-state index in [1.54, 1.807) is 18.6 Å². The summed E-state index contributed by atoms with van der Waals surface area (Å²) in [7, 11) is 0. The fourth-order valence-corrected chi connectivity index (χ4v) is 2.70. The smallest absolute Gasteiger partial charge is 0.230 e. The first-order valence-electron chi connectivity index (χ1n) is 7.75. The summed E-state index contributed by atoms with van der Waals surface area (Å²) >= 11 is 0. The van der Waals surface area contributed by atoms with Gasteiger partial charge in [0.05, 0.1) is 30.7 Å². The Balaban J connectivity index is 1.58. The van der Waals surface area contributed by atoms with Gasteiger partial charge in [-0.25, -0.2) is 0 Å². The Morgan fingerprint density at radius 1 is 1.22 bits per heavy atom. The van der Waals surface area contributed by atoms with Crippen molar-refractivity contribution in [3.63, 3.8) is 0 Å². The standard InChI is InChI=1S/C15H18N6O2/c1-2-18-13-12(1)14(23-10-11-9-16-3-4-17-11)20-15(19-13)21-5-7-22-8-6-21/h3-4,9H,1-2,5-8,10H2,(H,18,19,20). The molecule has 2 aromatic heterocycles. The molecule has 2 aliphatic heterocycles. The van der Waals surface area contributed by atoms with Crippen molar-refractivity contribution in [2.24, 2.45) is 0 Å². The molecular formula is C15H18N6O2. The molecule has 0 aromatic carbocycles. The van der Waals surface area contributed by atoms with Gasteiger partial charge >= 0.3 is 0 Å². The van der Waals surface area contributed by atoms with Gasteiger partial charge in [0.25, 0.3) is 0 Å². The molecule has 0 bridgehead atoms. The maximum absolute atomic E-state index is 5.91. The van der Waals surface area contributed by atoms with Crippen LogP contribution in [-0.4, -0.2) is 52.8 Å². The molecule has 0 radical (unpaired) electrons. The molecule has 120 valence electrons. The highest BCUT2D eigenvalue weighted by Crippen LogP contribution is 2.31. The van der Waals surface area contributed by atoms with Gasteiger partial charge in [-0.15, -0.1) is 0 Å². The molecule has 4 rings (SSSR count). The van der Waals surface area contributed by atoms with E-state index in [0.29, 0.717) is 31.6 Å². The first-order valence-corrected chi connectivity index (χ1v) is 7.75. The SMILES string of the molecule is c1cnc(COc2nc(N3CCOCC3)nc3c2CCN3)cn1. The molecule has 23 heavy (non-hydrogen) atoms. The minimum absolute atomic E-state index is 0.347. The van der Waals surface area contributed by atoms with E-state index >= 15 is 0 Å². The zero-order valence-corrected chi connectivity index (χ0v) is 12.7. The molecule has 2 aliphatic rings. The summed E-state index contributed by atoms with van der Waals surface area (Å²) in [4.78, 5) is 19.7. The second-order valence-electron chi connectivity index (χ2n) is 5.42. The topological polar surface area (TPSA) is 85.3 Å². The number of morpholine rings is 1. The van der Waals surface area contributed by atoms with Crippen LogP contribution in [0.1, 0.15) is 11.3 Å². The van der Waals surface area contributed by atoms with E-state index in [2.05, 4.69) is 30.2 Å². The largest absolute Gasteiger partial charge is 0.471 e. The number of fused-ring (bicyclic) bond motifs is 1. The van der Waals surface area contributed by atoms with Gasteiger partial charge in [-0.05, 0) is 6.42 Å². The monoisotopic (exact) mass is 314 g/mol. The molecule has 0 atom stereocenters. The lowest BCUT2D eigenvalue weighted by Gasteiger charge is -2.27. The van der Waals surface area contributed by atoms with Crippen molar-refractivity contribution in [2.45, 2.75) is 13.0 Å². The molecule has 2 aromatic rings. The molecule has 0 spiro atoms. The fraction of sp³-hybridized carbons (Fsp3) is 0.467. The van der Waals surface area contributed by atoms with Crippen molar-refractivity contribution in [1.29, 1.82) is 0 Å². The average Bonchev–Trinajstić information content (AvgIpc) is 3.10. The summed E-state index contributed by atoms with van der Waals surface area (Å²) in [6, 6.07) is 0. The van der Waals surface area contributed by atoms with Crippen LogP contribution >= 0.6 is 0 Å². The molecule has 4 heterocycles. The molecule has 8 heteroatoms. The number of anilines is 2. The molecule has 0 unspecified atom stereocenters. The first kappa shape index (κ1) is 14.1. The van der Waals surface area contributed by atoms with Crippen molar-refractivity contribution in [2.75, 3.05) is 43.1 Å². The Morgan fingerprint density at radius 3 is 2.96 bits per heavy atom. The Kier molecular flexibility index (Phi) is 3.89. The molecule has 1 N–H and O–H groups in total. The predicted octanol–water partition coefficient (Wildman–Crippen LogP) is 0.650. The third-order valence-corrected chi connectivity index (χ3v) is 3.89. The first-order chi connectivity index (χ1) is 11.4. The summed E-state index contributed by atoms with van der Waals surface area (Å²) in [5, 5.41) is 3.30. The Morgan fingerprint density at radius 2 is 2.13 bits per heavy atom. The average molecular weight is 314 g/mol. The van der Waals surface area contributed by atoms with Crippen LogP contribution in [0, 0.1) is 0 Å². The summed E-state index contributed by atoms with van der Waals surface area (Å²) in [6.07, 6.45) is 5.87. The minimum Gasteiger partial charge on any atom is -0.471 e. The Bertz CT molecular complexity index is 675. The van der Waals surface area contributed by atoms with E-state index in [1.807, 2.05) is 0 Å². The van der Waals surface area contributed by atoms with E-state index in [-0.39, 0.29) is 0 Å². The number of aromatic nitrogens is 4. The van der Waals surface area contributed by atoms with Crippen LogP contribution in [0.4, 0.5) is 11.8 Å². The van der Waals surface area contributed by atoms with Crippen molar-refractivity contribution < 1.29 is 9.47 Å².